The third kappa shape index (κ3) is 3.76. The first-order valence-corrected chi connectivity index (χ1v) is 7.64. The number of carbonyl (C=O) groups is 1. The molecule has 0 fully saturated rings. The van der Waals surface area contributed by atoms with E-state index in [-0.39, 0.29) is 11.8 Å². The number of aromatic nitrogens is 1. The van der Waals surface area contributed by atoms with Gasteiger partial charge in [-0.05, 0) is 23.3 Å². The highest BCUT2D eigenvalue weighted by Crippen LogP contribution is 2.26. The van der Waals surface area contributed by atoms with Gasteiger partial charge in [-0.25, -0.2) is 4.98 Å². The first-order valence-electron chi connectivity index (χ1n) is 7.26. The van der Waals surface area contributed by atoms with Gasteiger partial charge in [0.05, 0.1) is 17.8 Å². The van der Waals surface area contributed by atoms with E-state index in [9.17, 15) is 4.79 Å². The van der Waals surface area contributed by atoms with Crippen LogP contribution in [0.2, 0.25) is 5.15 Å². The maximum atomic E-state index is 12.8. The van der Waals surface area contributed by atoms with Crippen LogP contribution in [0.5, 0.6) is 0 Å². The molecule has 1 heterocycles. The van der Waals surface area contributed by atoms with Crippen molar-refractivity contribution in [2.75, 3.05) is 5.32 Å². The molecule has 2 aromatic carbocycles. The molecule has 114 valence electrons. The normalized spacial score (nSPS) is 10.5. The van der Waals surface area contributed by atoms with Crippen LogP contribution in [0.3, 0.4) is 0 Å². The van der Waals surface area contributed by atoms with Crippen molar-refractivity contribution in [2.24, 2.45) is 0 Å². The molecule has 0 aliphatic rings. The Kier molecular flexibility index (Phi) is 4.69. The molecule has 0 saturated carbocycles. The molecule has 0 atom stereocenters. The Morgan fingerprint density at radius 1 is 0.870 bits per heavy atom. The van der Waals surface area contributed by atoms with Crippen molar-refractivity contribution in [2.45, 2.75) is 5.92 Å². The van der Waals surface area contributed by atoms with Crippen molar-refractivity contribution >= 4 is 23.2 Å². The lowest BCUT2D eigenvalue weighted by Crippen LogP contribution is -2.22. The quantitative estimate of drug-likeness (QED) is 0.718. The minimum absolute atomic E-state index is 0.105. The van der Waals surface area contributed by atoms with Gasteiger partial charge in [0, 0.05) is 0 Å². The second kappa shape index (κ2) is 7.07. The fourth-order valence-electron chi connectivity index (χ4n) is 2.45. The second-order valence-corrected chi connectivity index (χ2v) is 5.50. The summed E-state index contributed by atoms with van der Waals surface area (Å²) in [5.41, 5.74) is 2.51. The van der Waals surface area contributed by atoms with Gasteiger partial charge in [-0.2, -0.15) is 0 Å². The summed E-state index contributed by atoms with van der Waals surface area (Å²) in [6.45, 7) is 0. The number of halogens is 1. The molecule has 0 spiro atoms. The zero-order valence-electron chi connectivity index (χ0n) is 12.3. The van der Waals surface area contributed by atoms with E-state index in [1.807, 2.05) is 60.7 Å². The molecule has 0 aliphatic heterocycles. The smallest absolute Gasteiger partial charge is 0.236 e. The highest BCUT2D eigenvalue weighted by Gasteiger charge is 2.22. The van der Waals surface area contributed by atoms with Gasteiger partial charge in [-0.15, -0.1) is 0 Å². The minimum Gasteiger partial charge on any atom is -0.324 e. The molecule has 4 heteroatoms. The Hall–Kier alpha value is -2.65. The lowest BCUT2D eigenvalue weighted by molar-refractivity contribution is -0.116. The molecule has 0 radical (unpaired) electrons. The third-order valence-corrected chi connectivity index (χ3v) is 3.75. The van der Waals surface area contributed by atoms with E-state index in [4.69, 9.17) is 11.6 Å². The van der Waals surface area contributed by atoms with Crippen molar-refractivity contribution in [3.8, 4) is 0 Å². The van der Waals surface area contributed by atoms with Crippen molar-refractivity contribution in [1.82, 2.24) is 4.98 Å². The largest absolute Gasteiger partial charge is 0.324 e. The Morgan fingerprint density at radius 2 is 1.43 bits per heavy atom. The zero-order chi connectivity index (χ0) is 16.1. The molecule has 23 heavy (non-hydrogen) atoms. The maximum absolute atomic E-state index is 12.8. The Balaban J connectivity index is 1.92. The summed E-state index contributed by atoms with van der Waals surface area (Å²) in [6, 6.07) is 22.8. The Bertz CT molecular complexity index is 734. The Morgan fingerprint density at radius 3 is 1.91 bits per heavy atom. The molecular formula is C19H15ClN2O. The molecule has 0 unspecified atom stereocenters. The number of nitrogens with zero attached hydrogens (tertiary/aromatic N) is 1. The van der Waals surface area contributed by atoms with E-state index in [0.29, 0.717) is 10.8 Å². The van der Waals surface area contributed by atoms with Gasteiger partial charge in [0.15, 0.2) is 0 Å². The topological polar surface area (TPSA) is 42.0 Å². The van der Waals surface area contributed by atoms with E-state index in [1.54, 1.807) is 18.3 Å². The van der Waals surface area contributed by atoms with Crippen LogP contribution in [0.25, 0.3) is 0 Å². The molecule has 3 nitrogen and oxygen atoms in total. The maximum Gasteiger partial charge on any atom is 0.236 e. The summed E-state index contributed by atoms with van der Waals surface area (Å²) >= 11 is 5.78. The van der Waals surface area contributed by atoms with Gasteiger partial charge in [0.1, 0.15) is 5.15 Å². The number of amides is 1. The van der Waals surface area contributed by atoms with E-state index in [2.05, 4.69) is 10.3 Å². The van der Waals surface area contributed by atoms with Crippen molar-refractivity contribution in [3.05, 3.63) is 95.3 Å². The number of hydrogen-bond acceptors (Lipinski definition) is 2. The fraction of sp³-hybridized carbons (Fsp3) is 0.0526. The molecule has 0 bridgehead atoms. The number of anilines is 1. The molecule has 1 N–H and O–H groups in total. The second-order valence-electron chi connectivity index (χ2n) is 5.11. The summed E-state index contributed by atoms with van der Waals surface area (Å²) in [7, 11) is 0. The van der Waals surface area contributed by atoms with Crippen LogP contribution in [0, 0.1) is 0 Å². The number of carbonyl (C=O) groups excluding carboxylic acids is 1. The van der Waals surface area contributed by atoms with Crippen LogP contribution in [0.4, 0.5) is 5.69 Å². The molecular weight excluding hydrogens is 308 g/mol. The van der Waals surface area contributed by atoms with Crippen molar-refractivity contribution < 1.29 is 4.79 Å². The van der Waals surface area contributed by atoms with Gasteiger partial charge >= 0.3 is 0 Å². The first-order chi connectivity index (χ1) is 11.2. The lowest BCUT2D eigenvalue weighted by Gasteiger charge is -2.17. The molecule has 0 aliphatic carbocycles. The third-order valence-electron chi connectivity index (χ3n) is 3.52. The average molecular weight is 323 g/mol. The van der Waals surface area contributed by atoms with Gasteiger partial charge in [0.2, 0.25) is 5.91 Å². The molecule has 1 aromatic heterocycles. The highest BCUT2D eigenvalue weighted by atomic mass is 35.5. The van der Waals surface area contributed by atoms with Gasteiger partial charge in [-0.1, -0.05) is 72.3 Å². The molecule has 1 amide bonds. The first kappa shape index (κ1) is 15.3. The van der Waals surface area contributed by atoms with Crippen LogP contribution >= 0.6 is 11.6 Å². The van der Waals surface area contributed by atoms with Gasteiger partial charge in [-0.3, -0.25) is 4.79 Å². The summed E-state index contributed by atoms with van der Waals surface area (Å²) in [4.78, 5) is 16.8. The zero-order valence-corrected chi connectivity index (χ0v) is 13.1. The molecule has 3 aromatic rings. The number of rotatable bonds is 4. The highest BCUT2D eigenvalue weighted by molar-refractivity contribution is 6.29. The van der Waals surface area contributed by atoms with E-state index in [1.165, 1.54) is 0 Å². The minimum atomic E-state index is -0.381. The van der Waals surface area contributed by atoms with Crippen LogP contribution < -0.4 is 5.32 Å². The number of pyridine rings is 1. The summed E-state index contributed by atoms with van der Waals surface area (Å²) in [6.07, 6.45) is 1.55. The number of nitrogens with one attached hydrogen (secondary N) is 1. The van der Waals surface area contributed by atoms with Crippen LogP contribution in [-0.4, -0.2) is 10.9 Å². The van der Waals surface area contributed by atoms with E-state index < -0.39 is 0 Å². The molecule has 0 saturated heterocycles. The van der Waals surface area contributed by atoms with Crippen molar-refractivity contribution in [1.29, 1.82) is 0 Å². The predicted octanol–water partition coefficient (Wildman–Crippen LogP) is 4.51. The summed E-state index contributed by atoms with van der Waals surface area (Å²) in [5, 5.41) is 3.30. The SMILES string of the molecule is O=C(Nc1ccc(Cl)nc1)C(c1ccccc1)c1ccccc1. The van der Waals surface area contributed by atoms with Crippen LogP contribution in [0.15, 0.2) is 79.0 Å². The van der Waals surface area contributed by atoms with Gasteiger partial charge < -0.3 is 5.32 Å². The monoisotopic (exact) mass is 322 g/mol. The van der Waals surface area contributed by atoms with E-state index in [0.717, 1.165) is 11.1 Å². The fourth-order valence-corrected chi connectivity index (χ4v) is 2.56. The number of benzene rings is 2. The van der Waals surface area contributed by atoms with Gasteiger partial charge in [0.25, 0.3) is 0 Å². The van der Waals surface area contributed by atoms with E-state index >= 15 is 0 Å². The standard InChI is InChI=1S/C19H15ClN2O/c20-17-12-11-16(13-21-17)22-19(23)18(14-7-3-1-4-8-14)15-9-5-2-6-10-15/h1-13,18H,(H,22,23). The summed E-state index contributed by atoms with van der Waals surface area (Å²) in [5.74, 6) is -0.486. The predicted molar refractivity (Wildman–Crippen MR) is 92.6 cm³/mol. The summed E-state index contributed by atoms with van der Waals surface area (Å²) < 4.78 is 0. The lowest BCUT2D eigenvalue weighted by atomic mass is 9.90. The van der Waals surface area contributed by atoms with Crippen LogP contribution in [0.1, 0.15) is 17.0 Å². The number of hydrogen-bond donors (Lipinski definition) is 1. The molecule has 3 rings (SSSR count). The Labute approximate surface area is 140 Å². The van der Waals surface area contributed by atoms with Crippen molar-refractivity contribution in [3.63, 3.8) is 0 Å². The van der Waals surface area contributed by atoms with Crippen LogP contribution in [-0.2, 0) is 4.79 Å². The average Bonchev–Trinajstić information content (AvgIpc) is 2.59.